The summed E-state index contributed by atoms with van der Waals surface area (Å²) in [5.74, 6) is -6.55. The second kappa shape index (κ2) is 4.52. The number of rotatable bonds is 3. The first kappa shape index (κ1) is 11.8. The predicted molar refractivity (Wildman–Crippen MR) is 49.6 cm³/mol. The summed E-state index contributed by atoms with van der Waals surface area (Å²) in [6, 6.07) is 2.81. The minimum Gasteiger partial charge on any atom is -0.507 e. The van der Waals surface area contributed by atoms with Crippen molar-refractivity contribution in [1.82, 2.24) is 0 Å². The highest BCUT2D eigenvalue weighted by Gasteiger charge is 2.16. The van der Waals surface area contributed by atoms with E-state index in [9.17, 15) is 23.5 Å². The number of aliphatic hydroxyl groups excluding tert-OH is 1. The Hall–Kier alpha value is -2.24. The van der Waals surface area contributed by atoms with Crippen LogP contribution in [-0.2, 0) is 9.59 Å². The topological polar surface area (TPSA) is 74.6 Å². The van der Waals surface area contributed by atoms with E-state index in [2.05, 4.69) is 0 Å². The molecule has 84 valence electrons. The smallest absolute Gasteiger partial charge is 0.376 e. The van der Waals surface area contributed by atoms with Gasteiger partial charge in [0.1, 0.15) is 17.4 Å². The van der Waals surface area contributed by atoms with Gasteiger partial charge in [0.2, 0.25) is 0 Å². The number of carbonyl (C=O) groups excluding carboxylic acids is 1. The highest BCUT2D eigenvalue weighted by molar-refractivity contribution is 6.38. The van der Waals surface area contributed by atoms with E-state index >= 15 is 0 Å². The lowest BCUT2D eigenvalue weighted by molar-refractivity contribution is -0.146. The summed E-state index contributed by atoms with van der Waals surface area (Å²) >= 11 is 0. The molecule has 4 nitrogen and oxygen atoms in total. The first-order chi connectivity index (χ1) is 7.43. The van der Waals surface area contributed by atoms with Gasteiger partial charge in [0.25, 0.3) is 5.78 Å². The molecule has 0 saturated carbocycles. The monoisotopic (exact) mass is 228 g/mol. The maximum atomic E-state index is 13.1. The molecule has 1 aromatic rings. The van der Waals surface area contributed by atoms with Crippen molar-refractivity contribution in [2.24, 2.45) is 0 Å². The van der Waals surface area contributed by atoms with E-state index in [1.165, 1.54) is 0 Å². The Morgan fingerprint density at radius 3 is 2.06 bits per heavy atom. The number of benzene rings is 1. The van der Waals surface area contributed by atoms with Crippen LogP contribution in [0.15, 0.2) is 24.3 Å². The summed E-state index contributed by atoms with van der Waals surface area (Å²) in [5.41, 5.74) is -0.836. The zero-order valence-electron chi connectivity index (χ0n) is 7.78. The molecule has 0 saturated heterocycles. The van der Waals surface area contributed by atoms with Crippen LogP contribution in [0.3, 0.4) is 0 Å². The fourth-order valence-electron chi connectivity index (χ4n) is 1.00. The van der Waals surface area contributed by atoms with Gasteiger partial charge >= 0.3 is 5.97 Å². The van der Waals surface area contributed by atoms with Gasteiger partial charge in [0.15, 0.2) is 0 Å². The van der Waals surface area contributed by atoms with Gasteiger partial charge in [0, 0.05) is 6.08 Å². The van der Waals surface area contributed by atoms with E-state index in [0.717, 1.165) is 18.2 Å². The number of hydrogen-bond acceptors (Lipinski definition) is 3. The molecule has 16 heavy (non-hydrogen) atoms. The van der Waals surface area contributed by atoms with Gasteiger partial charge in [0.05, 0.1) is 5.56 Å². The maximum Gasteiger partial charge on any atom is 0.376 e. The third-order valence-corrected chi connectivity index (χ3v) is 1.70. The summed E-state index contributed by atoms with van der Waals surface area (Å²) in [6.45, 7) is 0. The molecule has 0 spiro atoms. The number of ketones is 1. The molecule has 0 fully saturated rings. The number of carbonyl (C=O) groups is 2. The largest absolute Gasteiger partial charge is 0.507 e. The van der Waals surface area contributed by atoms with Crippen LogP contribution in [0.25, 0.3) is 5.76 Å². The van der Waals surface area contributed by atoms with Crippen molar-refractivity contribution in [3.8, 4) is 0 Å². The van der Waals surface area contributed by atoms with Crippen LogP contribution in [0.4, 0.5) is 8.78 Å². The molecule has 1 aromatic carbocycles. The Kier molecular flexibility index (Phi) is 3.34. The molecule has 0 radical (unpaired) electrons. The summed E-state index contributed by atoms with van der Waals surface area (Å²) in [7, 11) is 0. The molecule has 0 aliphatic heterocycles. The molecule has 0 atom stereocenters. The normalized spacial score (nSPS) is 11.2. The maximum absolute atomic E-state index is 13.1. The first-order valence-corrected chi connectivity index (χ1v) is 4.05. The van der Waals surface area contributed by atoms with Crippen LogP contribution in [0.5, 0.6) is 0 Å². The van der Waals surface area contributed by atoms with Crippen molar-refractivity contribution in [3.05, 3.63) is 41.5 Å². The molecule has 0 bridgehead atoms. The van der Waals surface area contributed by atoms with E-state index in [4.69, 9.17) is 5.11 Å². The zero-order chi connectivity index (χ0) is 12.3. The molecule has 0 amide bonds. The average molecular weight is 228 g/mol. The lowest BCUT2D eigenvalue weighted by Crippen LogP contribution is -2.10. The molecule has 2 N–H and O–H groups in total. The number of carboxylic acids is 1. The van der Waals surface area contributed by atoms with E-state index < -0.39 is 34.7 Å². The van der Waals surface area contributed by atoms with E-state index in [0.29, 0.717) is 0 Å². The summed E-state index contributed by atoms with van der Waals surface area (Å²) in [5, 5.41) is 17.4. The Morgan fingerprint density at radius 2 is 1.62 bits per heavy atom. The molecule has 0 aliphatic rings. The summed E-state index contributed by atoms with van der Waals surface area (Å²) in [4.78, 5) is 20.8. The van der Waals surface area contributed by atoms with Gasteiger partial charge in [-0.15, -0.1) is 0 Å². The van der Waals surface area contributed by atoms with Gasteiger partial charge in [-0.2, -0.15) is 0 Å². The van der Waals surface area contributed by atoms with E-state index in [1.807, 2.05) is 0 Å². The third kappa shape index (κ3) is 2.41. The number of halogens is 2. The molecule has 0 aliphatic carbocycles. The van der Waals surface area contributed by atoms with Crippen molar-refractivity contribution in [2.45, 2.75) is 0 Å². The highest BCUT2D eigenvalue weighted by atomic mass is 19.1. The van der Waals surface area contributed by atoms with E-state index in [-0.39, 0.29) is 6.08 Å². The molecule has 0 heterocycles. The Labute approximate surface area is 88.4 Å². The van der Waals surface area contributed by atoms with Gasteiger partial charge in [-0.25, -0.2) is 13.6 Å². The SMILES string of the molecule is O=C(O)C(=O)C=C(O)c1c(F)cccc1F. The number of hydrogen-bond donors (Lipinski definition) is 2. The van der Waals surface area contributed by atoms with Crippen LogP contribution >= 0.6 is 0 Å². The fourth-order valence-corrected chi connectivity index (χ4v) is 1.00. The quantitative estimate of drug-likeness (QED) is 0.467. The van der Waals surface area contributed by atoms with Crippen LogP contribution < -0.4 is 0 Å². The van der Waals surface area contributed by atoms with Gasteiger partial charge < -0.3 is 10.2 Å². The van der Waals surface area contributed by atoms with Gasteiger partial charge in [-0.1, -0.05) is 6.07 Å². The van der Waals surface area contributed by atoms with Crippen LogP contribution in [0.1, 0.15) is 5.56 Å². The van der Waals surface area contributed by atoms with Gasteiger partial charge in [-0.05, 0) is 12.1 Å². The Bertz CT molecular complexity index is 459. The average Bonchev–Trinajstić information content (AvgIpc) is 2.16. The van der Waals surface area contributed by atoms with Crippen LogP contribution in [0.2, 0.25) is 0 Å². The van der Waals surface area contributed by atoms with E-state index in [1.54, 1.807) is 0 Å². The molecule has 1 rings (SSSR count). The van der Waals surface area contributed by atoms with Crippen molar-refractivity contribution in [1.29, 1.82) is 0 Å². The first-order valence-electron chi connectivity index (χ1n) is 4.05. The number of carboxylic acid groups (broad SMARTS) is 1. The highest BCUT2D eigenvalue weighted by Crippen LogP contribution is 2.19. The Morgan fingerprint density at radius 1 is 1.12 bits per heavy atom. The Balaban J connectivity index is 3.19. The fraction of sp³-hybridized carbons (Fsp3) is 0. The lowest BCUT2D eigenvalue weighted by Gasteiger charge is -2.02. The zero-order valence-corrected chi connectivity index (χ0v) is 7.78. The second-order valence-electron chi connectivity index (χ2n) is 2.80. The standard InChI is InChI=1S/C10H6F2O4/c11-5-2-1-3-6(12)9(5)7(13)4-8(14)10(15)16/h1-4,13H,(H,15,16). The minimum absolute atomic E-state index is 0.240. The van der Waals surface area contributed by atoms with Gasteiger partial charge in [-0.3, -0.25) is 4.79 Å². The molecule has 0 unspecified atom stereocenters. The third-order valence-electron chi connectivity index (χ3n) is 1.70. The molecule has 6 heteroatoms. The molecular weight excluding hydrogens is 222 g/mol. The van der Waals surface area contributed by atoms with Crippen molar-refractivity contribution < 1.29 is 28.6 Å². The van der Waals surface area contributed by atoms with Crippen molar-refractivity contribution in [2.75, 3.05) is 0 Å². The summed E-state index contributed by atoms with van der Waals surface area (Å²) in [6.07, 6.45) is 0.240. The molecule has 0 aromatic heterocycles. The second-order valence-corrected chi connectivity index (χ2v) is 2.80. The minimum atomic E-state index is -1.83. The summed E-state index contributed by atoms with van der Waals surface area (Å²) < 4.78 is 26.1. The predicted octanol–water partition coefficient (Wildman–Crippen LogP) is 1.52. The number of aliphatic hydroxyl groups is 1. The van der Waals surface area contributed by atoms with Crippen molar-refractivity contribution >= 4 is 17.5 Å². The van der Waals surface area contributed by atoms with Crippen LogP contribution in [0, 0.1) is 11.6 Å². The van der Waals surface area contributed by atoms with Crippen LogP contribution in [-0.4, -0.2) is 22.0 Å². The molecular formula is C10H6F2O4. The number of aliphatic carboxylic acids is 1. The lowest BCUT2D eigenvalue weighted by atomic mass is 10.1. The van der Waals surface area contributed by atoms with Crippen molar-refractivity contribution in [3.63, 3.8) is 0 Å².